The van der Waals surface area contributed by atoms with E-state index in [1.807, 2.05) is 17.0 Å². The summed E-state index contributed by atoms with van der Waals surface area (Å²) in [5.41, 5.74) is 0.667. The van der Waals surface area contributed by atoms with E-state index in [1.165, 1.54) is 0 Å². The average molecular weight is 282 g/mol. The Morgan fingerprint density at radius 2 is 2.37 bits per heavy atom. The summed E-state index contributed by atoms with van der Waals surface area (Å²) in [6.45, 7) is 5.23. The number of rotatable bonds is 5. The van der Waals surface area contributed by atoms with Crippen molar-refractivity contribution in [3.63, 3.8) is 0 Å². The topological polar surface area (TPSA) is 29.5 Å². The van der Waals surface area contributed by atoms with Gasteiger partial charge in [0.05, 0.1) is 6.61 Å². The highest BCUT2D eigenvalue weighted by Gasteiger charge is 2.22. The summed E-state index contributed by atoms with van der Waals surface area (Å²) in [6.07, 6.45) is 2.00. The predicted molar refractivity (Wildman–Crippen MR) is 76.6 cm³/mol. The third kappa shape index (κ3) is 3.95. The van der Waals surface area contributed by atoms with Crippen LogP contribution < -0.4 is 0 Å². The lowest BCUT2D eigenvalue weighted by molar-refractivity contribution is 0.0720. The number of amides is 1. The van der Waals surface area contributed by atoms with E-state index in [1.54, 1.807) is 12.1 Å². The lowest BCUT2D eigenvalue weighted by Crippen LogP contribution is -2.36. The first-order valence-corrected chi connectivity index (χ1v) is 7.21. The highest BCUT2D eigenvalue weighted by atomic mass is 35.5. The Labute approximate surface area is 119 Å². The Kier molecular flexibility index (Phi) is 5.23. The molecule has 0 radical (unpaired) electrons. The van der Waals surface area contributed by atoms with Crippen molar-refractivity contribution in [1.82, 2.24) is 4.90 Å². The van der Waals surface area contributed by atoms with E-state index < -0.39 is 0 Å². The molecule has 0 spiro atoms. The first kappa shape index (κ1) is 14.4. The number of carbonyl (C=O) groups excluding carboxylic acids is 1. The van der Waals surface area contributed by atoms with Gasteiger partial charge in [-0.1, -0.05) is 24.6 Å². The third-order valence-electron chi connectivity index (χ3n) is 3.35. The predicted octanol–water partition coefficient (Wildman–Crippen LogP) is 3.23. The second kappa shape index (κ2) is 6.92. The van der Waals surface area contributed by atoms with Crippen LogP contribution in [0.3, 0.4) is 0 Å². The smallest absolute Gasteiger partial charge is 0.253 e. The molecule has 1 aliphatic heterocycles. The number of halogens is 1. The van der Waals surface area contributed by atoms with Crippen LogP contribution in [0.15, 0.2) is 24.3 Å². The molecule has 4 heteroatoms. The summed E-state index contributed by atoms with van der Waals surface area (Å²) in [5, 5.41) is 0.603. The Balaban J connectivity index is 2.06. The molecular formula is C15H20ClNO2. The highest BCUT2D eigenvalue weighted by molar-refractivity contribution is 6.30. The molecule has 104 valence electrons. The molecule has 1 saturated heterocycles. The Hall–Kier alpha value is -1.06. The highest BCUT2D eigenvalue weighted by Crippen LogP contribution is 2.17. The molecule has 0 aliphatic carbocycles. The third-order valence-corrected chi connectivity index (χ3v) is 3.59. The molecule has 1 unspecified atom stereocenters. The largest absolute Gasteiger partial charge is 0.381 e. The minimum atomic E-state index is 0.0660. The van der Waals surface area contributed by atoms with Gasteiger partial charge in [0.25, 0.3) is 5.91 Å². The Morgan fingerprint density at radius 3 is 3.00 bits per heavy atom. The van der Waals surface area contributed by atoms with Crippen LogP contribution in [0.2, 0.25) is 5.02 Å². The average Bonchev–Trinajstić information content (AvgIpc) is 2.90. The molecule has 0 N–H and O–H groups in total. The molecule has 2 rings (SSSR count). The fraction of sp³-hybridized carbons (Fsp3) is 0.533. The molecule has 0 bridgehead atoms. The van der Waals surface area contributed by atoms with Crippen molar-refractivity contribution in [3.8, 4) is 0 Å². The summed E-state index contributed by atoms with van der Waals surface area (Å²) in [4.78, 5) is 14.4. The maximum Gasteiger partial charge on any atom is 0.253 e. The fourth-order valence-electron chi connectivity index (χ4n) is 2.39. The maximum absolute atomic E-state index is 12.5. The summed E-state index contributed by atoms with van der Waals surface area (Å²) in [6, 6.07) is 7.16. The van der Waals surface area contributed by atoms with Crippen molar-refractivity contribution in [3.05, 3.63) is 34.9 Å². The van der Waals surface area contributed by atoms with Crippen molar-refractivity contribution in [2.24, 2.45) is 5.92 Å². The van der Waals surface area contributed by atoms with Gasteiger partial charge in [0.2, 0.25) is 0 Å². The zero-order chi connectivity index (χ0) is 13.7. The molecule has 0 saturated carbocycles. The molecule has 1 fully saturated rings. The van der Waals surface area contributed by atoms with Gasteiger partial charge >= 0.3 is 0 Å². The van der Waals surface area contributed by atoms with Crippen molar-refractivity contribution in [1.29, 1.82) is 0 Å². The van der Waals surface area contributed by atoms with Gasteiger partial charge in [-0.05, 0) is 31.0 Å². The van der Waals surface area contributed by atoms with Gasteiger partial charge in [-0.2, -0.15) is 0 Å². The van der Waals surface area contributed by atoms with Crippen LogP contribution in [-0.2, 0) is 4.74 Å². The van der Waals surface area contributed by atoms with Crippen LogP contribution in [-0.4, -0.2) is 37.1 Å². The van der Waals surface area contributed by atoms with Gasteiger partial charge in [0, 0.05) is 36.2 Å². The van der Waals surface area contributed by atoms with Gasteiger partial charge in [-0.3, -0.25) is 4.79 Å². The van der Waals surface area contributed by atoms with Crippen LogP contribution in [0, 0.1) is 5.92 Å². The van der Waals surface area contributed by atoms with E-state index in [-0.39, 0.29) is 5.91 Å². The summed E-state index contributed by atoms with van der Waals surface area (Å²) < 4.78 is 5.38. The van der Waals surface area contributed by atoms with Crippen molar-refractivity contribution in [2.45, 2.75) is 19.8 Å². The van der Waals surface area contributed by atoms with E-state index in [4.69, 9.17) is 16.3 Å². The van der Waals surface area contributed by atoms with Crippen LogP contribution in [0.25, 0.3) is 0 Å². The summed E-state index contributed by atoms with van der Waals surface area (Å²) in [7, 11) is 0. The second-order valence-corrected chi connectivity index (χ2v) is 5.43. The van der Waals surface area contributed by atoms with Gasteiger partial charge in [-0.15, -0.1) is 0 Å². The fourth-order valence-corrected chi connectivity index (χ4v) is 2.58. The molecule has 1 atom stereocenters. The SMILES string of the molecule is CCCN(CC1CCOC1)C(=O)c1cccc(Cl)c1. The minimum absolute atomic E-state index is 0.0660. The van der Waals surface area contributed by atoms with Gasteiger partial charge in [-0.25, -0.2) is 0 Å². The van der Waals surface area contributed by atoms with Gasteiger partial charge in [0.1, 0.15) is 0 Å². The number of ether oxygens (including phenoxy) is 1. The van der Waals surface area contributed by atoms with E-state index in [2.05, 4.69) is 6.92 Å². The monoisotopic (exact) mass is 281 g/mol. The van der Waals surface area contributed by atoms with E-state index in [9.17, 15) is 4.79 Å². The van der Waals surface area contributed by atoms with Crippen molar-refractivity contribution < 1.29 is 9.53 Å². The first-order valence-electron chi connectivity index (χ1n) is 6.83. The molecule has 1 aromatic carbocycles. The molecule has 1 aromatic rings. The molecule has 19 heavy (non-hydrogen) atoms. The van der Waals surface area contributed by atoms with E-state index >= 15 is 0 Å². The Bertz CT molecular complexity index is 430. The van der Waals surface area contributed by atoms with E-state index in [0.29, 0.717) is 16.5 Å². The normalized spacial score (nSPS) is 18.5. The molecule has 3 nitrogen and oxygen atoms in total. The lowest BCUT2D eigenvalue weighted by Gasteiger charge is -2.25. The molecule has 1 aliphatic rings. The first-order chi connectivity index (χ1) is 9.20. The van der Waals surface area contributed by atoms with Crippen LogP contribution >= 0.6 is 11.6 Å². The molecule has 1 heterocycles. The Morgan fingerprint density at radius 1 is 1.53 bits per heavy atom. The molecule has 1 amide bonds. The zero-order valence-corrected chi connectivity index (χ0v) is 12.0. The minimum Gasteiger partial charge on any atom is -0.381 e. The van der Waals surface area contributed by atoms with Crippen molar-refractivity contribution in [2.75, 3.05) is 26.3 Å². The number of carbonyl (C=O) groups is 1. The maximum atomic E-state index is 12.5. The van der Waals surface area contributed by atoms with E-state index in [0.717, 1.165) is 39.1 Å². The number of hydrogen-bond donors (Lipinski definition) is 0. The molecular weight excluding hydrogens is 262 g/mol. The molecule has 0 aromatic heterocycles. The quantitative estimate of drug-likeness (QED) is 0.829. The van der Waals surface area contributed by atoms with Gasteiger partial charge in [0.15, 0.2) is 0 Å². The zero-order valence-electron chi connectivity index (χ0n) is 11.3. The lowest BCUT2D eigenvalue weighted by atomic mass is 10.1. The van der Waals surface area contributed by atoms with Gasteiger partial charge < -0.3 is 9.64 Å². The van der Waals surface area contributed by atoms with Crippen LogP contribution in [0.1, 0.15) is 30.1 Å². The van der Waals surface area contributed by atoms with Crippen LogP contribution in [0.5, 0.6) is 0 Å². The summed E-state index contributed by atoms with van der Waals surface area (Å²) >= 11 is 5.95. The standard InChI is InChI=1S/C15H20ClNO2/c1-2-7-17(10-12-6-8-19-11-12)15(18)13-4-3-5-14(16)9-13/h3-5,9,12H,2,6-8,10-11H2,1H3. The second-order valence-electron chi connectivity index (χ2n) is 4.99. The van der Waals surface area contributed by atoms with Crippen LogP contribution in [0.4, 0.5) is 0 Å². The number of nitrogens with zero attached hydrogens (tertiary/aromatic N) is 1. The summed E-state index contributed by atoms with van der Waals surface area (Å²) in [5.74, 6) is 0.533. The number of benzene rings is 1. The number of hydrogen-bond acceptors (Lipinski definition) is 2. The van der Waals surface area contributed by atoms with Crippen molar-refractivity contribution >= 4 is 17.5 Å².